The first-order chi connectivity index (χ1) is 6.06. The summed E-state index contributed by atoms with van der Waals surface area (Å²) in [5.41, 5.74) is -0.510. The Kier molecular flexibility index (Phi) is 1.65. The fourth-order valence-electron chi connectivity index (χ4n) is 2.49. The highest BCUT2D eigenvalue weighted by atomic mass is 16.6. The maximum atomic E-state index is 5.93. The van der Waals surface area contributed by atoms with Crippen LogP contribution < -0.4 is 0 Å². The molecule has 2 atom stereocenters. The van der Waals surface area contributed by atoms with E-state index in [1.807, 2.05) is 0 Å². The summed E-state index contributed by atoms with van der Waals surface area (Å²) >= 11 is 0. The second-order valence-electron chi connectivity index (χ2n) is 4.13. The topological polar surface area (TPSA) is 27.7 Å². The number of ether oxygens (including phenoxy) is 3. The van der Waals surface area contributed by atoms with Gasteiger partial charge in [-0.25, -0.2) is 0 Å². The largest absolute Gasteiger partial charge is 0.494 e. The summed E-state index contributed by atoms with van der Waals surface area (Å²) in [4.78, 5) is 0. The van der Waals surface area contributed by atoms with Gasteiger partial charge in [-0.3, -0.25) is 0 Å². The van der Waals surface area contributed by atoms with Gasteiger partial charge in [0.15, 0.2) is 11.5 Å². The SMILES string of the molecule is COC1=C(OC)C2(C)CCC1(C)O2. The number of rotatable bonds is 2. The quantitative estimate of drug-likeness (QED) is 0.655. The van der Waals surface area contributed by atoms with Crippen molar-refractivity contribution in [1.82, 2.24) is 0 Å². The molecular weight excluding hydrogens is 168 g/mol. The molecule has 74 valence electrons. The van der Waals surface area contributed by atoms with Crippen molar-refractivity contribution in [2.45, 2.75) is 37.9 Å². The van der Waals surface area contributed by atoms with Crippen molar-refractivity contribution in [3.63, 3.8) is 0 Å². The van der Waals surface area contributed by atoms with Gasteiger partial charge in [-0.15, -0.1) is 0 Å². The van der Waals surface area contributed by atoms with Crippen molar-refractivity contribution in [3.05, 3.63) is 11.5 Å². The molecule has 0 N–H and O–H groups in total. The van der Waals surface area contributed by atoms with Crippen LogP contribution in [-0.4, -0.2) is 25.4 Å². The molecule has 0 radical (unpaired) electrons. The van der Waals surface area contributed by atoms with E-state index in [0.717, 1.165) is 24.4 Å². The van der Waals surface area contributed by atoms with Gasteiger partial charge < -0.3 is 14.2 Å². The molecule has 2 aliphatic rings. The van der Waals surface area contributed by atoms with Gasteiger partial charge in [-0.05, 0) is 26.7 Å². The molecule has 2 aliphatic heterocycles. The van der Waals surface area contributed by atoms with E-state index in [-0.39, 0.29) is 11.2 Å². The minimum Gasteiger partial charge on any atom is -0.494 e. The van der Waals surface area contributed by atoms with Crippen molar-refractivity contribution in [2.75, 3.05) is 14.2 Å². The summed E-state index contributed by atoms with van der Waals surface area (Å²) in [6.45, 7) is 4.12. The standard InChI is InChI=1S/C10H16O3/c1-9-5-6-10(2,13-9)8(12-4)7(9)11-3/h5-6H2,1-4H3. The molecular formula is C10H16O3. The van der Waals surface area contributed by atoms with Gasteiger partial charge in [-0.1, -0.05) is 0 Å². The Hall–Kier alpha value is -0.700. The van der Waals surface area contributed by atoms with Gasteiger partial charge in [0, 0.05) is 0 Å². The van der Waals surface area contributed by atoms with Crippen molar-refractivity contribution >= 4 is 0 Å². The lowest BCUT2D eigenvalue weighted by Gasteiger charge is -2.23. The molecule has 3 nitrogen and oxygen atoms in total. The van der Waals surface area contributed by atoms with Gasteiger partial charge in [0.25, 0.3) is 0 Å². The lowest BCUT2D eigenvalue weighted by molar-refractivity contribution is -0.0455. The Bertz CT molecular complexity index is 245. The zero-order chi connectivity index (χ0) is 9.69. The molecule has 3 heteroatoms. The van der Waals surface area contributed by atoms with E-state index in [0.29, 0.717) is 0 Å². The van der Waals surface area contributed by atoms with Gasteiger partial charge in [0.2, 0.25) is 0 Å². The Morgan fingerprint density at radius 2 is 1.38 bits per heavy atom. The van der Waals surface area contributed by atoms with Gasteiger partial charge in [-0.2, -0.15) is 0 Å². The highest BCUT2D eigenvalue weighted by Crippen LogP contribution is 2.54. The van der Waals surface area contributed by atoms with Crippen LogP contribution >= 0.6 is 0 Å². The molecule has 2 bridgehead atoms. The van der Waals surface area contributed by atoms with E-state index >= 15 is 0 Å². The number of hydrogen-bond donors (Lipinski definition) is 0. The second kappa shape index (κ2) is 2.41. The highest BCUT2D eigenvalue weighted by Gasteiger charge is 2.58. The van der Waals surface area contributed by atoms with E-state index < -0.39 is 0 Å². The average Bonchev–Trinajstić information content (AvgIpc) is 2.49. The van der Waals surface area contributed by atoms with E-state index in [2.05, 4.69) is 13.8 Å². The predicted molar refractivity (Wildman–Crippen MR) is 48.2 cm³/mol. The molecule has 0 saturated carbocycles. The first-order valence-corrected chi connectivity index (χ1v) is 4.59. The third-order valence-corrected chi connectivity index (χ3v) is 3.10. The van der Waals surface area contributed by atoms with Crippen LogP contribution in [0.3, 0.4) is 0 Å². The fourth-order valence-corrected chi connectivity index (χ4v) is 2.49. The molecule has 0 spiro atoms. The molecule has 0 amide bonds. The molecule has 0 aliphatic carbocycles. The zero-order valence-corrected chi connectivity index (χ0v) is 8.64. The molecule has 1 fully saturated rings. The van der Waals surface area contributed by atoms with Crippen LogP contribution in [0.25, 0.3) is 0 Å². The number of fused-ring (bicyclic) bond motifs is 2. The number of hydrogen-bond acceptors (Lipinski definition) is 3. The normalized spacial score (nSPS) is 42.8. The van der Waals surface area contributed by atoms with Crippen LogP contribution in [0.4, 0.5) is 0 Å². The Morgan fingerprint density at radius 1 is 1.00 bits per heavy atom. The lowest BCUT2D eigenvalue weighted by atomic mass is 9.87. The van der Waals surface area contributed by atoms with E-state index in [1.165, 1.54) is 0 Å². The number of methoxy groups -OCH3 is 2. The van der Waals surface area contributed by atoms with Crippen LogP contribution in [0.1, 0.15) is 26.7 Å². The molecule has 0 aromatic carbocycles. The fraction of sp³-hybridized carbons (Fsp3) is 0.800. The van der Waals surface area contributed by atoms with E-state index in [4.69, 9.17) is 14.2 Å². The average molecular weight is 184 g/mol. The van der Waals surface area contributed by atoms with E-state index in [9.17, 15) is 0 Å². The van der Waals surface area contributed by atoms with Crippen LogP contribution in [0.5, 0.6) is 0 Å². The zero-order valence-electron chi connectivity index (χ0n) is 8.64. The smallest absolute Gasteiger partial charge is 0.168 e. The first kappa shape index (κ1) is 8.88. The predicted octanol–water partition coefficient (Wildman–Crippen LogP) is 1.83. The molecule has 13 heavy (non-hydrogen) atoms. The van der Waals surface area contributed by atoms with Crippen LogP contribution in [-0.2, 0) is 14.2 Å². The molecule has 2 heterocycles. The molecule has 2 unspecified atom stereocenters. The van der Waals surface area contributed by atoms with Gasteiger partial charge in [0.1, 0.15) is 11.2 Å². The Labute approximate surface area is 78.7 Å². The summed E-state index contributed by atoms with van der Waals surface area (Å²) in [7, 11) is 3.35. The first-order valence-electron chi connectivity index (χ1n) is 4.59. The van der Waals surface area contributed by atoms with Crippen molar-refractivity contribution in [1.29, 1.82) is 0 Å². The van der Waals surface area contributed by atoms with Crippen molar-refractivity contribution < 1.29 is 14.2 Å². The summed E-state index contributed by atoms with van der Waals surface area (Å²) in [6.07, 6.45) is 2.03. The third kappa shape index (κ3) is 0.937. The van der Waals surface area contributed by atoms with Crippen molar-refractivity contribution in [3.8, 4) is 0 Å². The maximum Gasteiger partial charge on any atom is 0.168 e. The van der Waals surface area contributed by atoms with Gasteiger partial charge in [0.05, 0.1) is 14.2 Å². The van der Waals surface area contributed by atoms with Crippen LogP contribution in [0.15, 0.2) is 11.5 Å². The summed E-state index contributed by atoms with van der Waals surface area (Å²) in [5.74, 6) is 1.73. The minimum absolute atomic E-state index is 0.255. The van der Waals surface area contributed by atoms with E-state index in [1.54, 1.807) is 14.2 Å². The van der Waals surface area contributed by atoms with Crippen molar-refractivity contribution in [2.24, 2.45) is 0 Å². The molecule has 0 aromatic heterocycles. The molecule has 0 aromatic rings. The summed E-state index contributed by atoms with van der Waals surface area (Å²) < 4.78 is 16.6. The lowest BCUT2D eigenvalue weighted by Crippen LogP contribution is -2.25. The van der Waals surface area contributed by atoms with Crippen LogP contribution in [0, 0.1) is 0 Å². The van der Waals surface area contributed by atoms with Gasteiger partial charge >= 0.3 is 0 Å². The monoisotopic (exact) mass is 184 g/mol. The maximum absolute atomic E-state index is 5.93. The Balaban J connectivity index is 2.47. The summed E-state index contributed by atoms with van der Waals surface area (Å²) in [5, 5.41) is 0. The highest BCUT2D eigenvalue weighted by molar-refractivity contribution is 5.32. The molecule has 2 rings (SSSR count). The minimum atomic E-state index is -0.255. The molecule has 1 saturated heterocycles. The third-order valence-electron chi connectivity index (χ3n) is 3.10. The Morgan fingerprint density at radius 3 is 1.69 bits per heavy atom. The second-order valence-corrected chi connectivity index (χ2v) is 4.13. The van der Waals surface area contributed by atoms with Crippen LogP contribution in [0.2, 0.25) is 0 Å². The summed E-state index contributed by atoms with van der Waals surface area (Å²) in [6, 6.07) is 0.